The Hall–Kier alpha value is -0.890. The topological polar surface area (TPSA) is 12.0 Å². The fourth-order valence-electron chi connectivity index (χ4n) is 3.27. The molecule has 0 fully saturated rings. The molecule has 1 atom stereocenters. The molecule has 0 aliphatic carbocycles. The molecule has 0 aliphatic heterocycles. The van der Waals surface area contributed by atoms with Crippen LogP contribution in [0.1, 0.15) is 78.8 Å². The van der Waals surface area contributed by atoms with Gasteiger partial charge < -0.3 is 5.32 Å². The number of nitrogens with one attached hydrogen (secondary N) is 1. The van der Waals surface area contributed by atoms with Crippen molar-refractivity contribution >= 4 is 0 Å². The summed E-state index contributed by atoms with van der Waals surface area (Å²) in [7, 11) is 0. The van der Waals surface area contributed by atoms with Crippen molar-refractivity contribution < 1.29 is 4.39 Å². The highest BCUT2D eigenvalue weighted by Crippen LogP contribution is 2.30. The zero-order valence-electron chi connectivity index (χ0n) is 14.6. The third-order valence-corrected chi connectivity index (χ3v) is 3.66. The van der Waals surface area contributed by atoms with E-state index >= 15 is 0 Å². The second-order valence-corrected chi connectivity index (χ2v) is 8.01. The molecule has 0 saturated heterocycles. The maximum absolute atomic E-state index is 13.1. The molecule has 2 heteroatoms. The summed E-state index contributed by atoms with van der Waals surface area (Å²) in [4.78, 5) is 0. The van der Waals surface area contributed by atoms with E-state index in [0.29, 0.717) is 6.04 Å². The van der Waals surface area contributed by atoms with Gasteiger partial charge in [0.25, 0.3) is 0 Å². The van der Waals surface area contributed by atoms with Crippen LogP contribution in [-0.4, -0.2) is 5.54 Å². The van der Waals surface area contributed by atoms with Gasteiger partial charge in [0, 0.05) is 11.6 Å². The lowest BCUT2D eigenvalue weighted by molar-refractivity contribution is 0.218. The minimum atomic E-state index is -0.165. The highest BCUT2D eigenvalue weighted by atomic mass is 19.1. The highest BCUT2D eigenvalue weighted by molar-refractivity contribution is 5.20. The first-order valence-electron chi connectivity index (χ1n) is 8.16. The third-order valence-electron chi connectivity index (χ3n) is 3.66. The fourth-order valence-corrected chi connectivity index (χ4v) is 3.27. The average Bonchev–Trinajstić information content (AvgIpc) is 2.32. The molecule has 0 radical (unpaired) electrons. The maximum Gasteiger partial charge on any atom is 0.123 e. The van der Waals surface area contributed by atoms with Gasteiger partial charge >= 0.3 is 0 Å². The first-order valence-corrected chi connectivity index (χ1v) is 8.16. The minimum absolute atomic E-state index is 0.0606. The lowest BCUT2D eigenvalue weighted by Gasteiger charge is -2.37. The van der Waals surface area contributed by atoms with Crippen LogP contribution in [0.5, 0.6) is 0 Å². The second-order valence-electron chi connectivity index (χ2n) is 8.01. The molecule has 21 heavy (non-hydrogen) atoms. The fraction of sp³-hybridized carbons (Fsp3) is 0.684. The zero-order chi connectivity index (χ0) is 16.1. The molecule has 1 rings (SSSR count). The quantitative estimate of drug-likeness (QED) is 0.663. The largest absolute Gasteiger partial charge is 0.305 e. The number of rotatable bonds is 7. The molecule has 1 aromatic rings. The summed E-state index contributed by atoms with van der Waals surface area (Å²) in [5, 5.41) is 3.80. The maximum atomic E-state index is 13.1. The van der Waals surface area contributed by atoms with Crippen LogP contribution in [0.15, 0.2) is 24.3 Å². The van der Waals surface area contributed by atoms with Crippen LogP contribution < -0.4 is 5.32 Å². The SMILES string of the molecule is CCCCC(NC(C)(C)CC(C)(C)C)c1ccc(F)cc1. The smallest absolute Gasteiger partial charge is 0.123 e. The summed E-state index contributed by atoms with van der Waals surface area (Å²) >= 11 is 0. The molecular formula is C19H32FN. The predicted octanol–water partition coefficient (Wildman–Crippen LogP) is 5.86. The highest BCUT2D eigenvalue weighted by Gasteiger charge is 2.28. The summed E-state index contributed by atoms with van der Waals surface area (Å²) in [6.45, 7) is 13.6. The Morgan fingerprint density at radius 2 is 1.62 bits per heavy atom. The van der Waals surface area contributed by atoms with Crippen LogP contribution in [0.25, 0.3) is 0 Å². The number of unbranched alkanes of at least 4 members (excludes halogenated alkanes) is 1. The Morgan fingerprint density at radius 1 is 1.05 bits per heavy atom. The monoisotopic (exact) mass is 293 g/mol. The van der Waals surface area contributed by atoms with Crippen LogP contribution in [0.4, 0.5) is 4.39 Å². The predicted molar refractivity (Wildman–Crippen MR) is 90.0 cm³/mol. The molecule has 1 N–H and O–H groups in total. The Labute approximate surface area is 130 Å². The van der Waals surface area contributed by atoms with Gasteiger partial charge in [-0.05, 0) is 49.8 Å². The van der Waals surface area contributed by atoms with Gasteiger partial charge in [0.1, 0.15) is 5.82 Å². The summed E-state index contributed by atoms with van der Waals surface area (Å²) in [6, 6.07) is 7.24. The molecule has 1 aromatic carbocycles. The zero-order valence-corrected chi connectivity index (χ0v) is 14.6. The van der Waals surface area contributed by atoms with E-state index in [1.54, 1.807) is 12.1 Å². The summed E-state index contributed by atoms with van der Waals surface area (Å²) < 4.78 is 13.1. The van der Waals surface area contributed by atoms with E-state index < -0.39 is 0 Å². The van der Waals surface area contributed by atoms with Crippen molar-refractivity contribution in [3.05, 3.63) is 35.6 Å². The first kappa shape index (κ1) is 18.2. The van der Waals surface area contributed by atoms with Crippen molar-refractivity contribution in [1.29, 1.82) is 0 Å². The Kier molecular flexibility index (Phi) is 6.40. The van der Waals surface area contributed by atoms with Crippen molar-refractivity contribution in [3.63, 3.8) is 0 Å². The summed E-state index contributed by atoms with van der Waals surface area (Å²) in [5.74, 6) is -0.165. The van der Waals surface area contributed by atoms with Gasteiger partial charge in [-0.15, -0.1) is 0 Å². The van der Waals surface area contributed by atoms with Gasteiger partial charge in [0.15, 0.2) is 0 Å². The van der Waals surface area contributed by atoms with E-state index in [-0.39, 0.29) is 16.8 Å². The second kappa shape index (κ2) is 7.40. The van der Waals surface area contributed by atoms with Crippen LogP contribution in [0.2, 0.25) is 0 Å². The summed E-state index contributed by atoms with van der Waals surface area (Å²) in [6.07, 6.45) is 4.55. The van der Waals surface area contributed by atoms with Crippen LogP contribution >= 0.6 is 0 Å². The molecule has 0 aromatic heterocycles. The van der Waals surface area contributed by atoms with Crippen molar-refractivity contribution in [2.24, 2.45) is 5.41 Å². The van der Waals surface area contributed by atoms with E-state index in [1.165, 1.54) is 18.4 Å². The van der Waals surface area contributed by atoms with E-state index in [1.807, 2.05) is 12.1 Å². The molecular weight excluding hydrogens is 261 g/mol. The third kappa shape index (κ3) is 7.08. The normalized spacial score (nSPS) is 14.2. The number of hydrogen-bond acceptors (Lipinski definition) is 1. The molecule has 0 aliphatic rings. The van der Waals surface area contributed by atoms with Gasteiger partial charge in [0.2, 0.25) is 0 Å². The molecule has 0 heterocycles. The van der Waals surface area contributed by atoms with Gasteiger partial charge in [-0.25, -0.2) is 4.39 Å². The van der Waals surface area contributed by atoms with Gasteiger partial charge in [0.05, 0.1) is 0 Å². The molecule has 1 nitrogen and oxygen atoms in total. The Balaban J connectivity index is 2.85. The standard InChI is InChI=1S/C19H32FN/c1-7-8-9-17(15-10-12-16(20)13-11-15)21-19(5,6)14-18(2,3)4/h10-13,17,21H,7-9,14H2,1-6H3. The Bertz CT molecular complexity index is 414. The summed E-state index contributed by atoms with van der Waals surface area (Å²) in [5.41, 5.74) is 1.53. The van der Waals surface area contributed by atoms with Crippen molar-refractivity contribution in [1.82, 2.24) is 5.32 Å². The minimum Gasteiger partial charge on any atom is -0.305 e. The van der Waals surface area contributed by atoms with E-state index in [9.17, 15) is 4.39 Å². The van der Waals surface area contributed by atoms with Crippen molar-refractivity contribution in [2.75, 3.05) is 0 Å². The molecule has 0 bridgehead atoms. The molecule has 0 spiro atoms. The average molecular weight is 293 g/mol. The van der Waals surface area contributed by atoms with Crippen LogP contribution in [0, 0.1) is 11.2 Å². The molecule has 0 amide bonds. The number of hydrogen-bond donors (Lipinski definition) is 1. The van der Waals surface area contributed by atoms with Crippen molar-refractivity contribution in [2.45, 2.75) is 78.8 Å². The molecule has 120 valence electrons. The van der Waals surface area contributed by atoms with Gasteiger partial charge in [-0.1, -0.05) is 52.7 Å². The van der Waals surface area contributed by atoms with Crippen LogP contribution in [-0.2, 0) is 0 Å². The molecule has 0 saturated carbocycles. The lowest BCUT2D eigenvalue weighted by Crippen LogP contribution is -2.44. The van der Waals surface area contributed by atoms with E-state index in [0.717, 1.165) is 12.8 Å². The van der Waals surface area contributed by atoms with Gasteiger partial charge in [-0.3, -0.25) is 0 Å². The van der Waals surface area contributed by atoms with E-state index in [4.69, 9.17) is 0 Å². The first-order chi connectivity index (χ1) is 9.63. The Morgan fingerprint density at radius 3 is 2.10 bits per heavy atom. The number of halogens is 1. The van der Waals surface area contributed by atoms with Gasteiger partial charge in [-0.2, -0.15) is 0 Å². The van der Waals surface area contributed by atoms with E-state index in [2.05, 4.69) is 46.9 Å². The van der Waals surface area contributed by atoms with Crippen molar-refractivity contribution in [3.8, 4) is 0 Å². The lowest BCUT2D eigenvalue weighted by atomic mass is 9.81. The van der Waals surface area contributed by atoms with Crippen LogP contribution in [0.3, 0.4) is 0 Å². The molecule has 1 unspecified atom stereocenters. The number of benzene rings is 1.